The number of hydrogen-bond donors (Lipinski definition) is 2. The molecule has 5 heteroatoms. The average Bonchev–Trinajstić information content (AvgIpc) is 2.85. The summed E-state index contributed by atoms with van der Waals surface area (Å²) in [6.07, 6.45) is 5.50. The molecule has 2 rings (SSSR count). The second-order valence-electron chi connectivity index (χ2n) is 6.36. The minimum Gasteiger partial charge on any atom is -0.381 e. The van der Waals surface area contributed by atoms with Crippen molar-refractivity contribution >= 4 is 5.96 Å². The van der Waals surface area contributed by atoms with Crippen molar-refractivity contribution in [2.24, 2.45) is 17.5 Å². The van der Waals surface area contributed by atoms with Gasteiger partial charge in [0.25, 0.3) is 0 Å². The van der Waals surface area contributed by atoms with E-state index < -0.39 is 0 Å². The number of methoxy groups -OCH3 is 1. The van der Waals surface area contributed by atoms with Gasteiger partial charge in [-0.05, 0) is 25.0 Å². The first-order chi connectivity index (χ1) is 9.97. The van der Waals surface area contributed by atoms with Crippen LogP contribution >= 0.6 is 0 Å². The smallest absolute Gasteiger partial charge is 0.191 e. The quantitative estimate of drug-likeness (QED) is 0.644. The number of aryl methyl sites for hydroxylation is 1. The van der Waals surface area contributed by atoms with Crippen molar-refractivity contribution in [3.8, 4) is 0 Å². The fraction of sp³-hybridized carbons (Fsp3) is 0.688. The first-order valence-electron chi connectivity index (χ1n) is 7.65. The third kappa shape index (κ3) is 3.59. The van der Waals surface area contributed by atoms with Crippen molar-refractivity contribution < 1.29 is 4.74 Å². The molecule has 0 saturated heterocycles. The Morgan fingerprint density at radius 3 is 2.81 bits per heavy atom. The van der Waals surface area contributed by atoms with Gasteiger partial charge in [-0.25, -0.2) is 4.99 Å². The van der Waals surface area contributed by atoms with Crippen LogP contribution in [0.25, 0.3) is 0 Å². The van der Waals surface area contributed by atoms with Crippen LogP contribution < -0.4 is 10.6 Å². The third-order valence-electron chi connectivity index (χ3n) is 4.43. The third-order valence-corrected chi connectivity index (χ3v) is 4.43. The Labute approximate surface area is 127 Å². The first kappa shape index (κ1) is 15.9. The molecular weight excluding hydrogens is 264 g/mol. The van der Waals surface area contributed by atoms with Gasteiger partial charge in [-0.2, -0.15) is 0 Å². The lowest BCUT2D eigenvalue weighted by atomic mass is 9.64. The molecule has 1 aliphatic rings. The van der Waals surface area contributed by atoms with E-state index in [1.54, 1.807) is 7.11 Å². The van der Waals surface area contributed by atoms with Gasteiger partial charge in [-0.1, -0.05) is 13.8 Å². The van der Waals surface area contributed by atoms with Gasteiger partial charge < -0.3 is 19.9 Å². The van der Waals surface area contributed by atoms with Crippen LogP contribution in [0.1, 0.15) is 32.8 Å². The van der Waals surface area contributed by atoms with Crippen LogP contribution in [0.4, 0.5) is 0 Å². The highest BCUT2D eigenvalue weighted by Crippen LogP contribution is 2.42. The molecule has 1 saturated carbocycles. The van der Waals surface area contributed by atoms with Gasteiger partial charge >= 0.3 is 0 Å². The topological polar surface area (TPSA) is 50.6 Å². The number of guanidine groups is 1. The number of rotatable bonds is 5. The molecule has 0 bridgehead atoms. The summed E-state index contributed by atoms with van der Waals surface area (Å²) in [6, 6.07) is 2.50. The van der Waals surface area contributed by atoms with E-state index in [2.05, 4.69) is 48.7 Å². The Hall–Kier alpha value is -1.49. The zero-order valence-corrected chi connectivity index (χ0v) is 13.8. The Morgan fingerprint density at radius 2 is 2.29 bits per heavy atom. The van der Waals surface area contributed by atoms with Crippen molar-refractivity contribution in [1.82, 2.24) is 15.2 Å². The molecular formula is C16H28N4O. The van der Waals surface area contributed by atoms with Gasteiger partial charge in [0.2, 0.25) is 0 Å². The lowest BCUT2D eigenvalue weighted by Crippen LogP contribution is -2.63. The van der Waals surface area contributed by atoms with E-state index in [9.17, 15) is 0 Å². The molecule has 118 valence electrons. The van der Waals surface area contributed by atoms with Gasteiger partial charge in [0.1, 0.15) is 0 Å². The van der Waals surface area contributed by atoms with Crippen LogP contribution in [0.3, 0.4) is 0 Å². The molecule has 21 heavy (non-hydrogen) atoms. The minimum atomic E-state index is 0.137. The van der Waals surface area contributed by atoms with Gasteiger partial charge in [0, 0.05) is 44.6 Å². The van der Waals surface area contributed by atoms with Gasteiger partial charge in [-0.3, -0.25) is 0 Å². The van der Waals surface area contributed by atoms with Crippen molar-refractivity contribution in [1.29, 1.82) is 0 Å². The summed E-state index contributed by atoms with van der Waals surface area (Å²) in [7, 11) is 3.82. The molecule has 0 radical (unpaired) electrons. The van der Waals surface area contributed by atoms with Crippen LogP contribution in [-0.2, 0) is 18.3 Å². The molecule has 0 spiro atoms. The highest BCUT2D eigenvalue weighted by Gasteiger charge is 2.48. The highest BCUT2D eigenvalue weighted by molar-refractivity contribution is 5.80. The normalized spacial score (nSPS) is 24.5. The zero-order chi connectivity index (χ0) is 15.5. The zero-order valence-electron chi connectivity index (χ0n) is 13.8. The Morgan fingerprint density at radius 1 is 1.52 bits per heavy atom. The van der Waals surface area contributed by atoms with Crippen molar-refractivity contribution in [3.05, 3.63) is 24.0 Å². The van der Waals surface area contributed by atoms with Gasteiger partial charge in [0.15, 0.2) is 5.96 Å². The molecule has 2 unspecified atom stereocenters. The van der Waals surface area contributed by atoms with E-state index in [0.29, 0.717) is 18.7 Å². The monoisotopic (exact) mass is 292 g/mol. The SMILES string of the molecule is CCNC(=NCc1ccn(C)c1)NC1CC(OC)C1(C)C. The fourth-order valence-electron chi connectivity index (χ4n) is 2.84. The lowest BCUT2D eigenvalue weighted by Gasteiger charge is -2.51. The average molecular weight is 292 g/mol. The van der Waals surface area contributed by atoms with Crippen molar-refractivity contribution in [2.45, 2.75) is 45.9 Å². The Bertz CT molecular complexity index is 492. The van der Waals surface area contributed by atoms with E-state index in [-0.39, 0.29) is 5.41 Å². The van der Waals surface area contributed by atoms with E-state index in [0.717, 1.165) is 18.9 Å². The molecule has 5 nitrogen and oxygen atoms in total. The number of aliphatic imine (C=N–C) groups is 1. The van der Waals surface area contributed by atoms with E-state index in [4.69, 9.17) is 4.74 Å². The first-order valence-corrected chi connectivity index (χ1v) is 7.65. The van der Waals surface area contributed by atoms with Gasteiger partial charge in [0.05, 0.1) is 12.6 Å². The van der Waals surface area contributed by atoms with Crippen LogP contribution in [0.5, 0.6) is 0 Å². The van der Waals surface area contributed by atoms with Crippen molar-refractivity contribution in [2.75, 3.05) is 13.7 Å². The van der Waals surface area contributed by atoms with Crippen LogP contribution in [0.15, 0.2) is 23.5 Å². The molecule has 1 aromatic heterocycles. The van der Waals surface area contributed by atoms with Crippen LogP contribution in [0.2, 0.25) is 0 Å². The Kier molecular flexibility index (Phi) is 4.93. The predicted octanol–water partition coefficient (Wildman–Crippen LogP) is 1.89. The molecule has 1 aliphatic carbocycles. The molecule has 1 heterocycles. The second kappa shape index (κ2) is 6.52. The number of hydrogen-bond acceptors (Lipinski definition) is 2. The fourth-order valence-corrected chi connectivity index (χ4v) is 2.84. The number of aromatic nitrogens is 1. The molecule has 1 fully saturated rings. The summed E-state index contributed by atoms with van der Waals surface area (Å²) >= 11 is 0. The largest absolute Gasteiger partial charge is 0.381 e. The maximum Gasteiger partial charge on any atom is 0.191 e. The molecule has 1 aromatic rings. The van der Waals surface area contributed by atoms with Gasteiger partial charge in [-0.15, -0.1) is 0 Å². The number of nitrogens with zero attached hydrogens (tertiary/aromatic N) is 2. The summed E-state index contributed by atoms with van der Waals surface area (Å²) in [5.74, 6) is 0.883. The number of ether oxygens (including phenoxy) is 1. The van der Waals surface area contributed by atoms with E-state index in [1.807, 2.05) is 17.8 Å². The molecule has 0 amide bonds. The van der Waals surface area contributed by atoms with Crippen LogP contribution in [-0.4, -0.2) is 36.3 Å². The summed E-state index contributed by atoms with van der Waals surface area (Å²) in [4.78, 5) is 4.68. The van der Waals surface area contributed by atoms with Crippen LogP contribution in [0, 0.1) is 5.41 Å². The second-order valence-corrected chi connectivity index (χ2v) is 6.36. The summed E-state index contributed by atoms with van der Waals surface area (Å²) in [5.41, 5.74) is 1.36. The Balaban J connectivity index is 1.96. The standard InChI is InChI=1S/C16H28N4O/c1-6-17-15(18-10-12-7-8-20(4)11-12)19-13-9-14(21-5)16(13,2)3/h7-8,11,13-14H,6,9-10H2,1-5H3,(H2,17,18,19). The van der Waals surface area contributed by atoms with E-state index in [1.165, 1.54) is 5.56 Å². The lowest BCUT2D eigenvalue weighted by molar-refractivity contribution is -0.0922. The summed E-state index contributed by atoms with van der Waals surface area (Å²) < 4.78 is 7.55. The maximum absolute atomic E-state index is 5.50. The maximum atomic E-state index is 5.50. The van der Waals surface area contributed by atoms with Crippen molar-refractivity contribution in [3.63, 3.8) is 0 Å². The minimum absolute atomic E-state index is 0.137. The predicted molar refractivity (Wildman–Crippen MR) is 86.3 cm³/mol. The molecule has 2 N–H and O–H groups in total. The molecule has 0 aliphatic heterocycles. The van der Waals surface area contributed by atoms with E-state index >= 15 is 0 Å². The summed E-state index contributed by atoms with van der Waals surface area (Å²) in [6.45, 7) is 8.12. The molecule has 0 aromatic carbocycles. The summed E-state index contributed by atoms with van der Waals surface area (Å²) in [5, 5.41) is 6.86. The highest BCUT2D eigenvalue weighted by atomic mass is 16.5. The molecule has 2 atom stereocenters. The number of nitrogens with one attached hydrogen (secondary N) is 2.